The number of H-pyrrole nitrogens is 1. The molecule has 1 aromatic heterocycles. The molecule has 0 atom stereocenters. The largest absolute Gasteiger partial charge is 0.368 e. The van der Waals surface area contributed by atoms with Gasteiger partial charge in [0.05, 0.1) is 22.2 Å². The fourth-order valence-corrected chi connectivity index (χ4v) is 6.62. The van der Waals surface area contributed by atoms with Crippen molar-refractivity contribution < 1.29 is 4.92 Å². The van der Waals surface area contributed by atoms with E-state index in [1.807, 2.05) is 11.9 Å². The van der Waals surface area contributed by atoms with E-state index in [9.17, 15) is 14.9 Å². The first-order valence-corrected chi connectivity index (χ1v) is 9.79. The zero-order chi connectivity index (χ0) is 18.8. The van der Waals surface area contributed by atoms with Crippen LogP contribution in [-0.4, -0.2) is 28.5 Å². The van der Waals surface area contributed by atoms with Crippen LogP contribution < -0.4 is 10.5 Å². The molecule has 0 saturated heterocycles. The Balaban J connectivity index is 1.52. The van der Waals surface area contributed by atoms with Crippen LogP contribution in [0.3, 0.4) is 0 Å². The van der Waals surface area contributed by atoms with Crippen molar-refractivity contribution in [1.82, 2.24) is 9.97 Å². The maximum Gasteiger partial charge on any atom is 0.293 e. The molecule has 142 valence electrons. The minimum Gasteiger partial charge on any atom is -0.368 e. The lowest BCUT2D eigenvalue weighted by Gasteiger charge is -2.57. The van der Waals surface area contributed by atoms with Crippen LogP contribution >= 0.6 is 0 Å². The van der Waals surface area contributed by atoms with Crippen LogP contribution in [0.15, 0.2) is 23.3 Å². The quantitative estimate of drug-likeness (QED) is 0.659. The highest BCUT2D eigenvalue weighted by atomic mass is 16.6. The van der Waals surface area contributed by atoms with Crippen molar-refractivity contribution in [1.29, 1.82) is 0 Å². The second-order valence-corrected chi connectivity index (χ2v) is 9.12. The standard InChI is InChI=1S/C20H24N4O3/c1-23(10-20-7-12-2-13(8-20)4-14(3-12)9-20)17-6-16-15(5-18(17)24(26)27)19(25)22-11-21-16/h5-6,11-14H,2-4,7-10H2,1H3,(H,21,22,25). The first-order valence-electron chi connectivity index (χ1n) is 9.79. The molecule has 4 fully saturated rings. The zero-order valence-corrected chi connectivity index (χ0v) is 15.5. The Morgan fingerprint density at radius 2 is 1.85 bits per heavy atom. The second-order valence-electron chi connectivity index (χ2n) is 9.12. The summed E-state index contributed by atoms with van der Waals surface area (Å²) in [5.74, 6) is 2.53. The minimum atomic E-state index is -0.391. The number of benzene rings is 1. The normalized spacial score (nSPS) is 31.4. The summed E-state index contributed by atoms with van der Waals surface area (Å²) in [7, 11) is 1.94. The van der Waals surface area contributed by atoms with Crippen LogP contribution in [-0.2, 0) is 0 Å². The SMILES string of the molecule is CN(CC12CC3CC(CC(C3)C1)C2)c1cc2nc[nH]c(=O)c2cc1[N+](=O)[O-]. The third-order valence-electron chi connectivity index (χ3n) is 7.08. The molecule has 0 aliphatic heterocycles. The number of anilines is 1. The van der Waals surface area contributed by atoms with Gasteiger partial charge in [-0.05, 0) is 67.8 Å². The summed E-state index contributed by atoms with van der Waals surface area (Å²) in [5, 5.41) is 12.0. The molecule has 4 saturated carbocycles. The Labute approximate surface area is 156 Å². The van der Waals surface area contributed by atoms with E-state index in [4.69, 9.17) is 0 Å². The van der Waals surface area contributed by atoms with Gasteiger partial charge in [0.25, 0.3) is 11.2 Å². The number of fused-ring (bicyclic) bond motifs is 1. The van der Waals surface area contributed by atoms with Crippen LogP contribution in [0.25, 0.3) is 10.9 Å². The van der Waals surface area contributed by atoms with Gasteiger partial charge in [0, 0.05) is 19.7 Å². The average molecular weight is 368 g/mol. The topological polar surface area (TPSA) is 92.1 Å². The smallest absolute Gasteiger partial charge is 0.293 e. The maximum absolute atomic E-state index is 12.0. The molecule has 6 rings (SSSR count). The number of aromatic nitrogens is 2. The van der Waals surface area contributed by atoms with Crippen LogP contribution in [0.2, 0.25) is 0 Å². The molecule has 1 N–H and O–H groups in total. The number of nitrogens with one attached hydrogen (secondary N) is 1. The van der Waals surface area contributed by atoms with E-state index in [1.54, 1.807) is 6.07 Å². The Morgan fingerprint density at radius 3 is 2.44 bits per heavy atom. The number of hydrogen-bond donors (Lipinski definition) is 1. The molecule has 4 aliphatic rings. The Kier molecular flexibility index (Phi) is 3.58. The molecule has 27 heavy (non-hydrogen) atoms. The Hall–Kier alpha value is -2.44. The minimum absolute atomic E-state index is 0.0202. The molecule has 0 unspecified atom stereocenters. The van der Waals surface area contributed by atoms with Gasteiger partial charge in [0.1, 0.15) is 5.69 Å². The summed E-state index contributed by atoms with van der Waals surface area (Å²) in [6.45, 7) is 0.839. The maximum atomic E-state index is 12.0. The summed E-state index contributed by atoms with van der Waals surface area (Å²) >= 11 is 0. The first-order chi connectivity index (χ1) is 12.9. The van der Waals surface area contributed by atoms with Gasteiger partial charge in [-0.15, -0.1) is 0 Å². The monoisotopic (exact) mass is 368 g/mol. The van der Waals surface area contributed by atoms with E-state index >= 15 is 0 Å². The molecule has 7 nitrogen and oxygen atoms in total. The lowest BCUT2D eigenvalue weighted by atomic mass is 9.49. The number of nitro groups is 1. The average Bonchev–Trinajstić information content (AvgIpc) is 2.59. The van der Waals surface area contributed by atoms with E-state index < -0.39 is 4.92 Å². The van der Waals surface area contributed by atoms with Gasteiger partial charge in [0.2, 0.25) is 0 Å². The van der Waals surface area contributed by atoms with E-state index in [2.05, 4.69) is 9.97 Å². The summed E-state index contributed by atoms with van der Waals surface area (Å²) < 4.78 is 0. The number of hydrogen-bond acceptors (Lipinski definition) is 5. The van der Waals surface area contributed by atoms with Gasteiger partial charge >= 0.3 is 0 Å². The fraction of sp³-hybridized carbons (Fsp3) is 0.600. The number of nitrogens with zero attached hydrogens (tertiary/aromatic N) is 3. The highest BCUT2D eigenvalue weighted by Gasteiger charge is 2.51. The van der Waals surface area contributed by atoms with Crippen LogP contribution in [0.4, 0.5) is 11.4 Å². The Morgan fingerprint density at radius 1 is 1.22 bits per heavy atom. The summed E-state index contributed by atoms with van der Waals surface area (Å²) in [4.78, 5) is 32.0. The van der Waals surface area contributed by atoms with Crippen molar-refractivity contribution in [3.8, 4) is 0 Å². The van der Waals surface area contributed by atoms with Gasteiger partial charge in [-0.3, -0.25) is 14.9 Å². The predicted molar refractivity (Wildman–Crippen MR) is 103 cm³/mol. The van der Waals surface area contributed by atoms with E-state index in [-0.39, 0.29) is 22.0 Å². The molecule has 0 radical (unpaired) electrons. The van der Waals surface area contributed by atoms with E-state index in [0.29, 0.717) is 11.2 Å². The number of nitro benzene ring substituents is 1. The lowest BCUT2D eigenvalue weighted by molar-refractivity contribution is -0.384. The van der Waals surface area contributed by atoms with Gasteiger partial charge in [-0.25, -0.2) is 4.98 Å². The van der Waals surface area contributed by atoms with E-state index in [1.165, 1.54) is 50.9 Å². The van der Waals surface area contributed by atoms with Crippen molar-refractivity contribution in [2.45, 2.75) is 38.5 Å². The molecule has 7 heteroatoms. The van der Waals surface area contributed by atoms with Crippen molar-refractivity contribution >= 4 is 22.3 Å². The third kappa shape index (κ3) is 2.71. The molecule has 0 spiro atoms. The Bertz CT molecular complexity index is 948. The second kappa shape index (κ2) is 5.78. The van der Waals surface area contributed by atoms with Crippen LogP contribution in [0.5, 0.6) is 0 Å². The van der Waals surface area contributed by atoms with Gasteiger partial charge in [-0.1, -0.05) is 0 Å². The highest BCUT2D eigenvalue weighted by molar-refractivity contribution is 5.86. The van der Waals surface area contributed by atoms with Crippen molar-refractivity contribution in [3.05, 3.63) is 38.9 Å². The van der Waals surface area contributed by atoms with Crippen molar-refractivity contribution in [2.75, 3.05) is 18.5 Å². The molecule has 2 aromatic rings. The van der Waals surface area contributed by atoms with Crippen molar-refractivity contribution in [3.63, 3.8) is 0 Å². The van der Waals surface area contributed by atoms with Gasteiger partial charge in [0.15, 0.2) is 0 Å². The molecule has 1 aromatic carbocycles. The van der Waals surface area contributed by atoms with Gasteiger partial charge < -0.3 is 9.88 Å². The lowest BCUT2D eigenvalue weighted by Crippen LogP contribution is -2.50. The van der Waals surface area contributed by atoms with Crippen LogP contribution in [0, 0.1) is 33.3 Å². The summed E-state index contributed by atoms with van der Waals surface area (Å²) in [6.07, 6.45) is 9.25. The number of rotatable bonds is 4. The predicted octanol–water partition coefficient (Wildman–Crippen LogP) is 3.48. The molecule has 0 amide bonds. The first kappa shape index (κ1) is 16.7. The molecule has 1 heterocycles. The fourth-order valence-electron chi connectivity index (χ4n) is 6.62. The zero-order valence-electron chi connectivity index (χ0n) is 15.5. The molecule has 4 aliphatic carbocycles. The molecular formula is C20H24N4O3. The van der Waals surface area contributed by atoms with Crippen LogP contribution in [0.1, 0.15) is 38.5 Å². The van der Waals surface area contributed by atoms with E-state index in [0.717, 1.165) is 24.3 Å². The number of aromatic amines is 1. The third-order valence-corrected chi connectivity index (χ3v) is 7.08. The summed E-state index contributed by atoms with van der Waals surface area (Å²) in [5.41, 5.74) is 0.971. The highest BCUT2D eigenvalue weighted by Crippen LogP contribution is 2.60. The molecule has 4 bridgehead atoms. The summed E-state index contributed by atoms with van der Waals surface area (Å²) in [6, 6.07) is 3.07. The molecular weight excluding hydrogens is 344 g/mol. The van der Waals surface area contributed by atoms with Crippen molar-refractivity contribution in [2.24, 2.45) is 23.2 Å². The van der Waals surface area contributed by atoms with Gasteiger partial charge in [-0.2, -0.15) is 0 Å².